The first-order chi connectivity index (χ1) is 8.04. The van der Waals surface area contributed by atoms with Crippen LogP contribution in [0.25, 0.3) is 0 Å². The van der Waals surface area contributed by atoms with Gasteiger partial charge in [-0.05, 0) is 11.5 Å². The number of non-ortho nitro benzene ring substituents is 1. The van der Waals surface area contributed by atoms with E-state index in [0.717, 1.165) is 5.56 Å². The number of aliphatic hydroxyl groups excluding tert-OH is 1. The molecule has 1 aromatic rings. The Morgan fingerprint density at radius 2 is 1.94 bits per heavy atom. The summed E-state index contributed by atoms with van der Waals surface area (Å²) in [6.45, 7) is 4.75. The lowest BCUT2D eigenvalue weighted by atomic mass is 10.1. The monoisotopic (exact) mass is 238 g/mol. The van der Waals surface area contributed by atoms with Crippen molar-refractivity contribution in [3.8, 4) is 0 Å². The quantitative estimate of drug-likeness (QED) is 0.584. The molecule has 0 heterocycles. The average Bonchev–Trinajstić information content (AvgIpc) is 2.30. The van der Waals surface area contributed by atoms with Gasteiger partial charge in [-0.25, -0.2) is 0 Å². The third-order valence-electron chi connectivity index (χ3n) is 2.72. The maximum atomic E-state index is 10.5. The summed E-state index contributed by atoms with van der Waals surface area (Å²) in [5.74, 6) is 0.345. The normalized spacial score (nSPS) is 12.7. The molecule has 0 radical (unpaired) electrons. The first-order valence-electron chi connectivity index (χ1n) is 5.62. The summed E-state index contributed by atoms with van der Waals surface area (Å²) in [7, 11) is 0. The van der Waals surface area contributed by atoms with Crippen LogP contribution in [0.4, 0.5) is 5.69 Å². The van der Waals surface area contributed by atoms with E-state index in [9.17, 15) is 10.1 Å². The fourth-order valence-electron chi connectivity index (χ4n) is 1.50. The highest BCUT2D eigenvalue weighted by atomic mass is 16.6. The molecule has 1 unspecified atom stereocenters. The summed E-state index contributed by atoms with van der Waals surface area (Å²) in [6, 6.07) is 6.46. The Bertz CT molecular complexity index is 363. The van der Waals surface area contributed by atoms with Gasteiger partial charge in [0.15, 0.2) is 0 Å². The fourth-order valence-corrected chi connectivity index (χ4v) is 1.50. The summed E-state index contributed by atoms with van der Waals surface area (Å²) >= 11 is 0. The zero-order valence-corrected chi connectivity index (χ0v) is 10.1. The van der Waals surface area contributed by atoms with Crippen LogP contribution in [-0.2, 0) is 6.54 Å². The lowest BCUT2D eigenvalue weighted by Gasteiger charge is -2.19. The largest absolute Gasteiger partial charge is 0.395 e. The molecule has 0 saturated heterocycles. The van der Waals surface area contributed by atoms with Gasteiger partial charge in [0, 0.05) is 24.7 Å². The molecule has 94 valence electrons. The number of hydrogen-bond donors (Lipinski definition) is 2. The van der Waals surface area contributed by atoms with Crippen LogP contribution in [0.2, 0.25) is 0 Å². The van der Waals surface area contributed by atoms with Gasteiger partial charge < -0.3 is 10.4 Å². The average molecular weight is 238 g/mol. The SMILES string of the molecule is CC(C)C(CO)NCc1ccc([N+](=O)[O-])cc1. The number of rotatable bonds is 6. The van der Waals surface area contributed by atoms with Gasteiger partial charge in [0.25, 0.3) is 5.69 Å². The molecule has 0 bridgehead atoms. The van der Waals surface area contributed by atoms with Gasteiger partial charge in [0.2, 0.25) is 0 Å². The van der Waals surface area contributed by atoms with E-state index in [0.29, 0.717) is 12.5 Å². The topological polar surface area (TPSA) is 75.4 Å². The summed E-state index contributed by atoms with van der Waals surface area (Å²) in [4.78, 5) is 10.1. The van der Waals surface area contributed by atoms with Crippen molar-refractivity contribution in [3.05, 3.63) is 39.9 Å². The minimum atomic E-state index is -0.415. The first-order valence-corrected chi connectivity index (χ1v) is 5.62. The molecule has 0 saturated carbocycles. The van der Waals surface area contributed by atoms with Crippen molar-refractivity contribution >= 4 is 5.69 Å². The Balaban J connectivity index is 2.55. The minimum Gasteiger partial charge on any atom is -0.395 e. The number of hydrogen-bond acceptors (Lipinski definition) is 4. The van der Waals surface area contributed by atoms with Crippen molar-refractivity contribution in [1.29, 1.82) is 0 Å². The lowest BCUT2D eigenvalue weighted by molar-refractivity contribution is -0.384. The molecule has 0 spiro atoms. The predicted molar refractivity (Wildman–Crippen MR) is 65.6 cm³/mol. The Hall–Kier alpha value is -1.46. The molecule has 5 nitrogen and oxygen atoms in total. The van der Waals surface area contributed by atoms with Crippen LogP contribution < -0.4 is 5.32 Å². The number of nitro benzene ring substituents is 1. The Kier molecular flexibility index (Phi) is 5.06. The molecule has 1 atom stereocenters. The second-order valence-corrected chi connectivity index (χ2v) is 4.34. The van der Waals surface area contributed by atoms with Crippen LogP contribution in [0.15, 0.2) is 24.3 Å². The van der Waals surface area contributed by atoms with Crippen LogP contribution in [0, 0.1) is 16.0 Å². The van der Waals surface area contributed by atoms with E-state index in [1.165, 1.54) is 12.1 Å². The van der Waals surface area contributed by atoms with Crippen LogP contribution in [-0.4, -0.2) is 22.7 Å². The van der Waals surface area contributed by atoms with Crippen molar-refractivity contribution < 1.29 is 10.0 Å². The molecule has 0 aliphatic carbocycles. The molecule has 0 aromatic heterocycles. The van der Waals surface area contributed by atoms with Crippen LogP contribution >= 0.6 is 0 Å². The highest BCUT2D eigenvalue weighted by Gasteiger charge is 2.11. The summed E-state index contributed by atoms with van der Waals surface area (Å²) in [6.07, 6.45) is 0. The summed E-state index contributed by atoms with van der Waals surface area (Å²) in [5.41, 5.74) is 1.06. The minimum absolute atomic E-state index is 0.0465. The number of aliphatic hydroxyl groups is 1. The van der Waals surface area contributed by atoms with Gasteiger partial charge in [-0.15, -0.1) is 0 Å². The molecular formula is C12H18N2O3. The second kappa shape index (κ2) is 6.32. The fraction of sp³-hybridized carbons (Fsp3) is 0.500. The zero-order valence-electron chi connectivity index (χ0n) is 10.1. The molecule has 0 amide bonds. The Morgan fingerprint density at radius 3 is 2.35 bits per heavy atom. The molecule has 17 heavy (non-hydrogen) atoms. The van der Waals surface area contributed by atoms with Crippen molar-refractivity contribution in [2.24, 2.45) is 5.92 Å². The highest BCUT2D eigenvalue weighted by Crippen LogP contribution is 2.12. The smallest absolute Gasteiger partial charge is 0.269 e. The third-order valence-corrected chi connectivity index (χ3v) is 2.72. The van der Waals surface area contributed by atoms with Gasteiger partial charge >= 0.3 is 0 Å². The summed E-state index contributed by atoms with van der Waals surface area (Å²) < 4.78 is 0. The lowest BCUT2D eigenvalue weighted by Crippen LogP contribution is -2.36. The van der Waals surface area contributed by atoms with Crippen LogP contribution in [0.3, 0.4) is 0 Å². The van der Waals surface area contributed by atoms with E-state index in [-0.39, 0.29) is 18.3 Å². The van der Waals surface area contributed by atoms with E-state index in [2.05, 4.69) is 5.32 Å². The van der Waals surface area contributed by atoms with Gasteiger partial charge in [-0.3, -0.25) is 10.1 Å². The summed E-state index contributed by atoms with van der Waals surface area (Å²) in [5, 5.41) is 22.8. The van der Waals surface area contributed by atoms with E-state index in [1.807, 2.05) is 13.8 Å². The van der Waals surface area contributed by atoms with Crippen molar-refractivity contribution in [2.75, 3.05) is 6.61 Å². The van der Waals surface area contributed by atoms with Gasteiger partial charge in [0.05, 0.1) is 11.5 Å². The third kappa shape index (κ3) is 4.13. The van der Waals surface area contributed by atoms with Gasteiger partial charge in [0.1, 0.15) is 0 Å². The number of benzene rings is 1. The molecular weight excluding hydrogens is 220 g/mol. The molecule has 0 aliphatic rings. The molecule has 2 N–H and O–H groups in total. The maximum absolute atomic E-state index is 10.5. The Morgan fingerprint density at radius 1 is 1.35 bits per heavy atom. The standard InChI is InChI=1S/C12H18N2O3/c1-9(2)12(8-15)13-7-10-3-5-11(6-4-10)14(16)17/h3-6,9,12-13,15H,7-8H2,1-2H3. The number of nitrogens with zero attached hydrogens (tertiary/aromatic N) is 1. The second-order valence-electron chi connectivity index (χ2n) is 4.34. The van der Waals surface area contributed by atoms with E-state index in [1.54, 1.807) is 12.1 Å². The molecule has 0 aliphatic heterocycles. The van der Waals surface area contributed by atoms with Crippen LogP contribution in [0.5, 0.6) is 0 Å². The first kappa shape index (κ1) is 13.6. The zero-order chi connectivity index (χ0) is 12.8. The van der Waals surface area contributed by atoms with Crippen LogP contribution in [0.1, 0.15) is 19.4 Å². The maximum Gasteiger partial charge on any atom is 0.269 e. The number of nitro groups is 1. The van der Waals surface area contributed by atoms with E-state index < -0.39 is 4.92 Å². The Labute approximate surface area is 101 Å². The van der Waals surface area contributed by atoms with Crippen molar-refractivity contribution in [3.63, 3.8) is 0 Å². The van der Waals surface area contributed by atoms with Gasteiger partial charge in [-0.1, -0.05) is 26.0 Å². The highest BCUT2D eigenvalue weighted by molar-refractivity contribution is 5.32. The van der Waals surface area contributed by atoms with Crippen molar-refractivity contribution in [1.82, 2.24) is 5.32 Å². The van der Waals surface area contributed by atoms with E-state index >= 15 is 0 Å². The molecule has 5 heteroatoms. The number of nitrogens with one attached hydrogen (secondary N) is 1. The van der Waals surface area contributed by atoms with Crippen molar-refractivity contribution in [2.45, 2.75) is 26.4 Å². The molecule has 1 rings (SSSR count). The predicted octanol–water partition coefficient (Wildman–Crippen LogP) is 1.70. The molecule has 1 aromatic carbocycles. The van der Waals surface area contributed by atoms with Gasteiger partial charge in [-0.2, -0.15) is 0 Å². The molecule has 0 fully saturated rings. The van der Waals surface area contributed by atoms with E-state index in [4.69, 9.17) is 5.11 Å².